The first-order chi connectivity index (χ1) is 8.21. The smallest absolute Gasteiger partial charge is 0.127 e. The lowest BCUT2D eigenvalue weighted by Crippen LogP contribution is -2.21. The van der Waals surface area contributed by atoms with E-state index in [1.54, 1.807) is 12.1 Å². The molecule has 1 aromatic carbocycles. The van der Waals surface area contributed by atoms with Crippen LogP contribution in [0.3, 0.4) is 0 Å². The Bertz CT molecular complexity index is 376. The SMILES string of the molecule is CC(CC(Cl)Cc1c(F)cccc1Cl)C(C)(C)C. The molecule has 102 valence electrons. The lowest BCUT2D eigenvalue weighted by molar-refractivity contribution is 0.244. The summed E-state index contributed by atoms with van der Waals surface area (Å²) in [5.74, 6) is 0.210. The molecule has 2 unspecified atom stereocenters. The van der Waals surface area contributed by atoms with Crippen molar-refractivity contribution in [1.82, 2.24) is 0 Å². The van der Waals surface area contributed by atoms with Gasteiger partial charge in [0, 0.05) is 16.0 Å². The van der Waals surface area contributed by atoms with Crippen LogP contribution in [0, 0.1) is 17.2 Å². The number of halogens is 3. The first-order valence-corrected chi connectivity index (χ1v) is 7.10. The van der Waals surface area contributed by atoms with Crippen LogP contribution in [0.2, 0.25) is 5.02 Å². The van der Waals surface area contributed by atoms with Crippen LogP contribution in [0.4, 0.5) is 4.39 Å². The van der Waals surface area contributed by atoms with E-state index in [1.165, 1.54) is 6.07 Å². The van der Waals surface area contributed by atoms with Gasteiger partial charge in [0.05, 0.1) is 0 Å². The summed E-state index contributed by atoms with van der Waals surface area (Å²) in [7, 11) is 0. The predicted molar refractivity (Wildman–Crippen MR) is 78.0 cm³/mol. The fraction of sp³-hybridized carbons (Fsp3) is 0.600. The average Bonchev–Trinajstić information content (AvgIpc) is 2.22. The van der Waals surface area contributed by atoms with E-state index in [0.717, 1.165) is 6.42 Å². The molecular weight excluding hydrogens is 270 g/mol. The summed E-state index contributed by atoms with van der Waals surface area (Å²) in [6, 6.07) is 4.75. The van der Waals surface area contributed by atoms with Crippen LogP contribution in [0.15, 0.2) is 18.2 Å². The van der Waals surface area contributed by atoms with E-state index in [9.17, 15) is 4.39 Å². The van der Waals surface area contributed by atoms with E-state index in [1.807, 2.05) is 0 Å². The Hall–Kier alpha value is -0.270. The van der Waals surface area contributed by atoms with Gasteiger partial charge in [0.25, 0.3) is 0 Å². The summed E-state index contributed by atoms with van der Waals surface area (Å²) in [6.45, 7) is 8.75. The Morgan fingerprint density at radius 3 is 2.39 bits per heavy atom. The molecule has 0 saturated heterocycles. The van der Waals surface area contributed by atoms with Crippen LogP contribution in [-0.4, -0.2) is 5.38 Å². The van der Waals surface area contributed by atoms with Crippen molar-refractivity contribution in [3.63, 3.8) is 0 Å². The topological polar surface area (TPSA) is 0 Å². The standard InChI is InChI=1S/C15H21Cl2F/c1-10(15(2,3)4)8-11(16)9-12-13(17)6-5-7-14(12)18/h5-7,10-11H,8-9H2,1-4H3. The number of hydrogen-bond donors (Lipinski definition) is 0. The van der Waals surface area contributed by atoms with E-state index < -0.39 is 0 Å². The monoisotopic (exact) mass is 290 g/mol. The minimum absolute atomic E-state index is 0.0892. The summed E-state index contributed by atoms with van der Waals surface area (Å²) >= 11 is 12.3. The molecular formula is C15H21Cl2F. The molecule has 0 saturated carbocycles. The van der Waals surface area contributed by atoms with Crippen molar-refractivity contribution in [3.8, 4) is 0 Å². The van der Waals surface area contributed by atoms with Gasteiger partial charge in [-0.15, -0.1) is 11.6 Å². The quantitative estimate of drug-likeness (QED) is 0.624. The minimum atomic E-state index is -0.267. The Morgan fingerprint density at radius 1 is 1.28 bits per heavy atom. The molecule has 0 spiro atoms. The summed E-state index contributed by atoms with van der Waals surface area (Å²) in [6.07, 6.45) is 1.34. The maximum absolute atomic E-state index is 13.6. The van der Waals surface area contributed by atoms with Crippen molar-refractivity contribution in [2.75, 3.05) is 0 Å². The van der Waals surface area contributed by atoms with Crippen molar-refractivity contribution in [2.24, 2.45) is 11.3 Å². The van der Waals surface area contributed by atoms with Gasteiger partial charge in [-0.25, -0.2) is 4.39 Å². The van der Waals surface area contributed by atoms with Crippen LogP contribution in [0.25, 0.3) is 0 Å². The highest BCUT2D eigenvalue weighted by molar-refractivity contribution is 6.31. The molecule has 0 aliphatic heterocycles. The lowest BCUT2D eigenvalue weighted by atomic mass is 9.79. The average molecular weight is 291 g/mol. The number of rotatable bonds is 4. The van der Waals surface area contributed by atoms with Crippen molar-refractivity contribution in [3.05, 3.63) is 34.6 Å². The molecule has 0 aliphatic carbocycles. The van der Waals surface area contributed by atoms with Gasteiger partial charge in [0.1, 0.15) is 5.82 Å². The van der Waals surface area contributed by atoms with Crippen molar-refractivity contribution in [1.29, 1.82) is 0 Å². The first kappa shape index (κ1) is 15.8. The third kappa shape index (κ3) is 4.44. The van der Waals surface area contributed by atoms with Gasteiger partial charge in [0.2, 0.25) is 0 Å². The Kier molecular flexibility index (Phi) is 5.48. The molecule has 0 fully saturated rings. The summed E-state index contributed by atoms with van der Waals surface area (Å²) in [5.41, 5.74) is 0.742. The highest BCUT2D eigenvalue weighted by Crippen LogP contribution is 2.32. The number of hydrogen-bond acceptors (Lipinski definition) is 0. The molecule has 2 atom stereocenters. The lowest BCUT2D eigenvalue weighted by Gasteiger charge is -2.29. The van der Waals surface area contributed by atoms with Crippen LogP contribution >= 0.6 is 23.2 Å². The van der Waals surface area contributed by atoms with Gasteiger partial charge in [-0.3, -0.25) is 0 Å². The van der Waals surface area contributed by atoms with Crippen molar-refractivity contribution >= 4 is 23.2 Å². The van der Waals surface area contributed by atoms with E-state index in [2.05, 4.69) is 27.7 Å². The minimum Gasteiger partial charge on any atom is -0.207 e. The molecule has 1 aromatic rings. The van der Waals surface area contributed by atoms with Crippen LogP contribution in [0.5, 0.6) is 0 Å². The van der Waals surface area contributed by atoms with Gasteiger partial charge in [-0.05, 0) is 36.3 Å². The third-order valence-electron chi connectivity index (χ3n) is 3.58. The normalized spacial score (nSPS) is 15.5. The second-order valence-corrected chi connectivity index (χ2v) is 7.03. The van der Waals surface area contributed by atoms with E-state index in [4.69, 9.17) is 23.2 Å². The van der Waals surface area contributed by atoms with Crippen LogP contribution < -0.4 is 0 Å². The fourth-order valence-corrected chi connectivity index (χ4v) is 2.43. The second kappa shape index (κ2) is 6.25. The molecule has 0 amide bonds. The molecule has 0 bridgehead atoms. The molecule has 0 aliphatic rings. The van der Waals surface area contributed by atoms with Gasteiger partial charge in [-0.2, -0.15) is 0 Å². The predicted octanol–water partition coefficient (Wildman–Crippen LogP) is 5.70. The largest absolute Gasteiger partial charge is 0.207 e. The van der Waals surface area contributed by atoms with Gasteiger partial charge < -0.3 is 0 Å². The Balaban J connectivity index is 2.68. The Labute approximate surface area is 119 Å². The van der Waals surface area contributed by atoms with E-state index in [-0.39, 0.29) is 16.6 Å². The fourth-order valence-electron chi connectivity index (χ4n) is 1.77. The summed E-state index contributed by atoms with van der Waals surface area (Å²) in [5, 5.41) is 0.373. The molecule has 18 heavy (non-hydrogen) atoms. The van der Waals surface area contributed by atoms with Crippen molar-refractivity contribution < 1.29 is 4.39 Å². The molecule has 3 heteroatoms. The summed E-state index contributed by atoms with van der Waals surface area (Å²) < 4.78 is 13.6. The second-order valence-electron chi connectivity index (χ2n) is 6.00. The van der Waals surface area contributed by atoms with Crippen molar-refractivity contribution in [2.45, 2.75) is 45.9 Å². The number of benzene rings is 1. The molecule has 1 rings (SSSR count). The maximum Gasteiger partial charge on any atom is 0.127 e. The summed E-state index contributed by atoms with van der Waals surface area (Å²) in [4.78, 5) is 0. The van der Waals surface area contributed by atoms with Crippen LogP contribution in [-0.2, 0) is 6.42 Å². The highest BCUT2D eigenvalue weighted by Gasteiger charge is 2.23. The van der Waals surface area contributed by atoms with Gasteiger partial charge in [0.15, 0.2) is 0 Å². The Morgan fingerprint density at radius 2 is 1.89 bits per heavy atom. The maximum atomic E-state index is 13.6. The first-order valence-electron chi connectivity index (χ1n) is 6.28. The van der Waals surface area contributed by atoms with Gasteiger partial charge >= 0.3 is 0 Å². The molecule has 0 N–H and O–H groups in total. The highest BCUT2D eigenvalue weighted by atomic mass is 35.5. The molecule has 0 nitrogen and oxygen atoms in total. The zero-order valence-corrected chi connectivity index (χ0v) is 12.9. The van der Waals surface area contributed by atoms with E-state index >= 15 is 0 Å². The third-order valence-corrected chi connectivity index (χ3v) is 4.26. The zero-order valence-electron chi connectivity index (χ0n) is 11.4. The molecule has 0 heterocycles. The molecule has 0 radical (unpaired) electrons. The zero-order chi connectivity index (χ0) is 13.9. The van der Waals surface area contributed by atoms with Crippen LogP contribution in [0.1, 0.15) is 39.7 Å². The number of alkyl halides is 1. The van der Waals surface area contributed by atoms with Gasteiger partial charge in [-0.1, -0.05) is 45.4 Å². The van der Waals surface area contributed by atoms with E-state index in [0.29, 0.717) is 22.9 Å². The molecule has 0 aromatic heterocycles.